The van der Waals surface area contributed by atoms with Crippen molar-refractivity contribution in [2.24, 2.45) is 5.10 Å². The molecule has 0 spiro atoms. The molecule has 1 aromatic heterocycles. The SMILES string of the molecule is O=C(COc1ccc(/C=C/c2ccccc2)cc1)N[C@@H](Cc1c[nH]c2ccccc12)C(=O)N/N=C/c1ccccc1O. The van der Waals surface area contributed by atoms with E-state index in [1.54, 1.807) is 30.3 Å². The average molecular weight is 559 g/mol. The van der Waals surface area contributed by atoms with Crippen molar-refractivity contribution in [1.29, 1.82) is 0 Å². The molecule has 210 valence electrons. The molecular formula is C34H30N4O4. The zero-order chi connectivity index (χ0) is 29.1. The number of hydrazone groups is 1. The van der Waals surface area contributed by atoms with E-state index in [-0.39, 0.29) is 18.8 Å². The van der Waals surface area contributed by atoms with Crippen molar-refractivity contribution in [3.8, 4) is 11.5 Å². The highest BCUT2D eigenvalue weighted by Gasteiger charge is 2.23. The number of phenolic OH excluding ortho intramolecular Hbond substituents is 1. The van der Waals surface area contributed by atoms with Crippen molar-refractivity contribution < 1.29 is 19.4 Å². The highest BCUT2D eigenvalue weighted by atomic mass is 16.5. The Labute approximate surface area is 243 Å². The van der Waals surface area contributed by atoms with Gasteiger partial charge in [-0.25, -0.2) is 5.43 Å². The third-order valence-electron chi connectivity index (χ3n) is 6.58. The first-order chi connectivity index (χ1) is 20.5. The van der Waals surface area contributed by atoms with E-state index < -0.39 is 17.9 Å². The molecule has 0 bridgehead atoms. The molecule has 4 aromatic carbocycles. The maximum atomic E-state index is 13.1. The summed E-state index contributed by atoms with van der Waals surface area (Å²) >= 11 is 0. The molecule has 1 heterocycles. The summed E-state index contributed by atoms with van der Waals surface area (Å²) in [5.41, 5.74) is 6.82. The molecule has 0 fully saturated rings. The highest BCUT2D eigenvalue weighted by molar-refractivity contribution is 5.91. The molecule has 8 heteroatoms. The number of H-pyrrole nitrogens is 1. The van der Waals surface area contributed by atoms with Crippen molar-refractivity contribution in [2.75, 3.05) is 6.61 Å². The van der Waals surface area contributed by atoms with E-state index in [0.717, 1.165) is 27.6 Å². The molecule has 0 aliphatic rings. The third kappa shape index (κ3) is 7.51. The van der Waals surface area contributed by atoms with Gasteiger partial charge >= 0.3 is 0 Å². The molecule has 42 heavy (non-hydrogen) atoms. The maximum Gasteiger partial charge on any atom is 0.262 e. The van der Waals surface area contributed by atoms with E-state index >= 15 is 0 Å². The number of carbonyl (C=O) groups excluding carboxylic acids is 2. The number of fused-ring (bicyclic) bond motifs is 1. The minimum atomic E-state index is -0.924. The van der Waals surface area contributed by atoms with E-state index in [9.17, 15) is 14.7 Å². The lowest BCUT2D eigenvalue weighted by molar-refractivity contribution is -0.130. The van der Waals surface area contributed by atoms with Gasteiger partial charge in [0.2, 0.25) is 0 Å². The van der Waals surface area contributed by atoms with Crippen molar-refractivity contribution in [2.45, 2.75) is 12.5 Å². The lowest BCUT2D eigenvalue weighted by Gasteiger charge is -2.17. The van der Waals surface area contributed by atoms with Gasteiger partial charge in [0.25, 0.3) is 11.8 Å². The molecule has 2 amide bonds. The van der Waals surface area contributed by atoms with Gasteiger partial charge in [0.1, 0.15) is 17.5 Å². The van der Waals surface area contributed by atoms with Crippen LogP contribution in [0, 0.1) is 0 Å². The van der Waals surface area contributed by atoms with Crippen LogP contribution in [0.5, 0.6) is 11.5 Å². The van der Waals surface area contributed by atoms with Gasteiger partial charge in [-0.2, -0.15) is 5.10 Å². The summed E-state index contributed by atoms with van der Waals surface area (Å²) in [5.74, 6) is -0.383. The Morgan fingerprint density at radius 3 is 2.33 bits per heavy atom. The summed E-state index contributed by atoms with van der Waals surface area (Å²) in [6.07, 6.45) is 7.43. The number of phenols is 1. The molecular weight excluding hydrogens is 528 g/mol. The number of para-hydroxylation sites is 2. The first kappa shape index (κ1) is 27.9. The minimum Gasteiger partial charge on any atom is -0.507 e. The number of hydrogen-bond acceptors (Lipinski definition) is 5. The highest BCUT2D eigenvalue weighted by Crippen LogP contribution is 2.20. The predicted octanol–water partition coefficient (Wildman–Crippen LogP) is 5.30. The van der Waals surface area contributed by atoms with Crippen molar-refractivity contribution in [3.63, 3.8) is 0 Å². The van der Waals surface area contributed by atoms with Crippen LogP contribution in [0.4, 0.5) is 0 Å². The van der Waals surface area contributed by atoms with Crippen LogP contribution in [0.3, 0.4) is 0 Å². The number of aromatic nitrogens is 1. The number of hydrogen-bond donors (Lipinski definition) is 4. The summed E-state index contributed by atoms with van der Waals surface area (Å²) in [5, 5.41) is 17.6. The Balaban J connectivity index is 1.22. The van der Waals surface area contributed by atoms with Crippen LogP contribution in [0.25, 0.3) is 23.1 Å². The second kappa shape index (κ2) is 13.6. The van der Waals surface area contributed by atoms with Gasteiger partial charge in [0.15, 0.2) is 6.61 Å². The number of nitrogens with one attached hydrogen (secondary N) is 3. The number of aromatic hydroxyl groups is 1. The topological polar surface area (TPSA) is 116 Å². The van der Waals surface area contributed by atoms with Crippen LogP contribution < -0.4 is 15.5 Å². The molecule has 0 saturated heterocycles. The van der Waals surface area contributed by atoms with Gasteiger partial charge in [0, 0.05) is 29.1 Å². The van der Waals surface area contributed by atoms with Crippen molar-refractivity contribution in [1.82, 2.24) is 15.7 Å². The Kier molecular flexibility index (Phi) is 9.06. The van der Waals surface area contributed by atoms with Crippen molar-refractivity contribution >= 4 is 41.1 Å². The van der Waals surface area contributed by atoms with E-state index in [0.29, 0.717) is 11.3 Å². The standard InChI is InChI=1S/C34H30N4O4/c39-32-13-7-4-10-26(32)22-36-38-34(41)31(20-27-21-35-30-12-6-5-11-29(27)30)37-33(40)23-42-28-18-16-25(17-19-28)15-14-24-8-2-1-3-9-24/h1-19,21-22,31,35,39H,20,23H2,(H,37,40)(H,38,41)/b15-14+,36-22+/t31-/m0/s1. The first-order valence-electron chi connectivity index (χ1n) is 13.5. The van der Waals surface area contributed by atoms with Crippen LogP contribution in [-0.2, 0) is 16.0 Å². The molecule has 0 saturated carbocycles. The second-order valence-corrected chi connectivity index (χ2v) is 9.58. The van der Waals surface area contributed by atoms with Gasteiger partial charge in [0.05, 0.1) is 6.21 Å². The summed E-state index contributed by atoms with van der Waals surface area (Å²) < 4.78 is 5.69. The van der Waals surface area contributed by atoms with E-state index in [1.165, 1.54) is 12.3 Å². The van der Waals surface area contributed by atoms with Gasteiger partial charge in [-0.05, 0) is 47.0 Å². The van der Waals surface area contributed by atoms with Crippen molar-refractivity contribution in [3.05, 3.63) is 132 Å². The van der Waals surface area contributed by atoms with Gasteiger partial charge < -0.3 is 20.1 Å². The zero-order valence-electron chi connectivity index (χ0n) is 22.7. The summed E-state index contributed by atoms with van der Waals surface area (Å²) in [6.45, 7) is -0.266. The van der Waals surface area contributed by atoms with E-state index in [2.05, 4.69) is 20.8 Å². The number of carbonyl (C=O) groups is 2. The van der Waals surface area contributed by atoms with Crippen LogP contribution in [0.1, 0.15) is 22.3 Å². The Morgan fingerprint density at radius 1 is 0.857 bits per heavy atom. The lowest BCUT2D eigenvalue weighted by Crippen LogP contribution is -2.48. The third-order valence-corrected chi connectivity index (χ3v) is 6.58. The Hall–Kier alpha value is -5.63. The fraction of sp³-hybridized carbons (Fsp3) is 0.0882. The van der Waals surface area contributed by atoms with E-state index in [4.69, 9.17) is 4.74 Å². The zero-order valence-corrected chi connectivity index (χ0v) is 22.7. The number of nitrogens with zero attached hydrogens (tertiary/aromatic N) is 1. The Bertz CT molecular complexity index is 1710. The van der Waals surface area contributed by atoms with Crippen LogP contribution in [-0.4, -0.2) is 40.8 Å². The molecule has 0 aliphatic heterocycles. The average Bonchev–Trinajstić information content (AvgIpc) is 3.43. The summed E-state index contributed by atoms with van der Waals surface area (Å²) in [4.78, 5) is 29.2. The molecule has 8 nitrogen and oxygen atoms in total. The summed E-state index contributed by atoms with van der Waals surface area (Å²) in [7, 11) is 0. The maximum absolute atomic E-state index is 13.1. The first-order valence-corrected chi connectivity index (χ1v) is 13.5. The largest absolute Gasteiger partial charge is 0.507 e. The number of aromatic amines is 1. The number of amides is 2. The van der Waals surface area contributed by atoms with Gasteiger partial charge in [-0.3, -0.25) is 9.59 Å². The molecule has 0 unspecified atom stereocenters. The second-order valence-electron chi connectivity index (χ2n) is 9.58. The Morgan fingerprint density at radius 2 is 1.55 bits per heavy atom. The van der Waals surface area contributed by atoms with Crippen LogP contribution in [0.15, 0.2) is 114 Å². The summed E-state index contributed by atoms with van der Waals surface area (Å²) in [6, 6.07) is 30.8. The van der Waals surface area contributed by atoms with Crippen LogP contribution >= 0.6 is 0 Å². The molecule has 0 aliphatic carbocycles. The van der Waals surface area contributed by atoms with E-state index in [1.807, 2.05) is 85.1 Å². The fourth-order valence-corrected chi connectivity index (χ4v) is 4.39. The minimum absolute atomic E-state index is 0.0385. The molecule has 0 radical (unpaired) electrons. The number of benzene rings is 4. The van der Waals surface area contributed by atoms with Crippen LogP contribution in [0.2, 0.25) is 0 Å². The molecule has 4 N–H and O–H groups in total. The monoisotopic (exact) mass is 558 g/mol. The fourth-order valence-electron chi connectivity index (χ4n) is 4.39. The number of ether oxygens (including phenoxy) is 1. The quantitative estimate of drug-likeness (QED) is 0.100. The normalized spacial score (nSPS) is 12.0. The smallest absolute Gasteiger partial charge is 0.262 e. The predicted molar refractivity (Wildman–Crippen MR) is 165 cm³/mol. The number of rotatable bonds is 11. The van der Waals surface area contributed by atoms with Gasteiger partial charge in [-0.1, -0.05) is 84.9 Å². The molecule has 5 aromatic rings. The lowest BCUT2D eigenvalue weighted by atomic mass is 10.0. The molecule has 1 atom stereocenters. The molecule has 5 rings (SSSR count). The van der Waals surface area contributed by atoms with Gasteiger partial charge in [-0.15, -0.1) is 0 Å².